The summed E-state index contributed by atoms with van der Waals surface area (Å²) in [6.45, 7) is 14.1. The van der Waals surface area contributed by atoms with Crippen LogP contribution in [0.25, 0.3) is 0 Å². The van der Waals surface area contributed by atoms with Crippen LogP contribution in [0.1, 0.15) is 51.2 Å². The van der Waals surface area contributed by atoms with Gasteiger partial charge in [-0.3, -0.25) is 4.90 Å². The zero-order valence-corrected chi connectivity index (χ0v) is 22.4. The summed E-state index contributed by atoms with van der Waals surface area (Å²) in [6.07, 6.45) is 3.08. The summed E-state index contributed by atoms with van der Waals surface area (Å²) in [5.41, 5.74) is 2.68. The predicted molar refractivity (Wildman–Crippen MR) is 142 cm³/mol. The molecule has 0 aromatic heterocycles. The van der Waals surface area contributed by atoms with Crippen molar-refractivity contribution in [3.05, 3.63) is 35.4 Å². The van der Waals surface area contributed by atoms with Crippen LogP contribution in [0, 0.1) is 17.3 Å². The topological polar surface area (TPSA) is 69.1 Å². The first kappa shape index (κ1) is 27.3. The molecule has 3 unspecified atom stereocenters. The van der Waals surface area contributed by atoms with Crippen molar-refractivity contribution in [2.45, 2.75) is 53.1 Å². The average molecular weight is 559 g/mol. The Morgan fingerprint density at radius 3 is 2.53 bits per heavy atom. The van der Waals surface area contributed by atoms with E-state index in [-0.39, 0.29) is 36.0 Å². The smallest absolute Gasteiger partial charge is 0.191 e. The summed E-state index contributed by atoms with van der Waals surface area (Å²) in [7, 11) is 0. The lowest BCUT2D eigenvalue weighted by Gasteiger charge is -2.35. The SMILES string of the molecule is CCNC(=NCc1ccccc1CN1CC(C)CC(C)C1)NCC1(CCO)CCOC1.I. The van der Waals surface area contributed by atoms with Gasteiger partial charge in [-0.1, -0.05) is 38.1 Å². The van der Waals surface area contributed by atoms with Crippen LogP contribution >= 0.6 is 24.0 Å². The number of halogens is 1. The van der Waals surface area contributed by atoms with Crippen LogP contribution in [-0.4, -0.2) is 62.0 Å². The van der Waals surface area contributed by atoms with Gasteiger partial charge in [0.05, 0.1) is 13.2 Å². The molecule has 0 bridgehead atoms. The Morgan fingerprint density at radius 2 is 1.91 bits per heavy atom. The zero-order chi connectivity index (χ0) is 22.1. The normalized spacial score (nSPS) is 26.6. The third-order valence-corrected chi connectivity index (χ3v) is 6.67. The molecule has 2 fully saturated rings. The molecule has 2 heterocycles. The molecule has 182 valence electrons. The summed E-state index contributed by atoms with van der Waals surface area (Å²) < 4.78 is 5.62. The minimum absolute atomic E-state index is 0. The molecule has 0 aliphatic carbocycles. The van der Waals surface area contributed by atoms with Crippen molar-refractivity contribution in [2.24, 2.45) is 22.2 Å². The lowest BCUT2D eigenvalue weighted by Crippen LogP contribution is -2.44. The van der Waals surface area contributed by atoms with Gasteiger partial charge < -0.3 is 20.5 Å². The Bertz CT molecular complexity index is 699. The highest BCUT2D eigenvalue weighted by atomic mass is 127. The molecule has 7 heteroatoms. The van der Waals surface area contributed by atoms with Gasteiger partial charge in [-0.15, -0.1) is 24.0 Å². The van der Waals surface area contributed by atoms with Crippen molar-refractivity contribution < 1.29 is 9.84 Å². The van der Waals surface area contributed by atoms with E-state index in [1.54, 1.807) is 0 Å². The number of hydrogen-bond acceptors (Lipinski definition) is 4. The number of hydrogen-bond donors (Lipinski definition) is 3. The number of aliphatic hydroxyl groups is 1. The monoisotopic (exact) mass is 558 g/mol. The molecular weight excluding hydrogens is 515 g/mol. The van der Waals surface area contributed by atoms with Crippen LogP contribution in [0.2, 0.25) is 0 Å². The zero-order valence-electron chi connectivity index (χ0n) is 20.1. The molecule has 1 aromatic carbocycles. The Morgan fingerprint density at radius 1 is 1.19 bits per heavy atom. The molecule has 0 amide bonds. The van der Waals surface area contributed by atoms with E-state index in [1.807, 2.05) is 0 Å². The Labute approximate surface area is 211 Å². The van der Waals surface area contributed by atoms with Crippen molar-refractivity contribution in [3.63, 3.8) is 0 Å². The van der Waals surface area contributed by atoms with Gasteiger partial charge in [0.1, 0.15) is 0 Å². The number of guanidine groups is 1. The molecule has 0 spiro atoms. The molecule has 3 N–H and O–H groups in total. The van der Waals surface area contributed by atoms with Crippen LogP contribution in [-0.2, 0) is 17.8 Å². The van der Waals surface area contributed by atoms with E-state index in [1.165, 1.54) is 30.6 Å². The van der Waals surface area contributed by atoms with Crippen LogP contribution in [0.4, 0.5) is 0 Å². The molecular formula is C25H43IN4O2. The molecule has 2 aliphatic heterocycles. The third-order valence-electron chi connectivity index (χ3n) is 6.67. The predicted octanol–water partition coefficient (Wildman–Crippen LogP) is 3.63. The van der Waals surface area contributed by atoms with Gasteiger partial charge in [-0.05, 0) is 49.1 Å². The van der Waals surface area contributed by atoms with E-state index in [2.05, 4.69) is 60.6 Å². The average Bonchev–Trinajstić information content (AvgIpc) is 3.19. The minimum atomic E-state index is 0. The standard InChI is InChI=1S/C25H42N4O2.HI/c1-4-26-24(28-18-25(9-11-30)10-12-31-19-25)27-14-22-7-5-6-8-23(22)17-29-15-20(2)13-21(3)16-29;/h5-8,20-21,30H,4,9-19H2,1-3H3,(H2,26,27,28);1H. The van der Waals surface area contributed by atoms with Crippen LogP contribution in [0.15, 0.2) is 29.3 Å². The molecule has 0 radical (unpaired) electrons. The number of piperidine rings is 1. The summed E-state index contributed by atoms with van der Waals surface area (Å²) >= 11 is 0. The fourth-order valence-corrected chi connectivity index (χ4v) is 5.12. The van der Waals surface area contributed by atoms with Crippen LogP contribution in [0.3, 0.4) is 0 Å². The molecule has 6 nitrogen and oxygen atoms in total. The number of ether oxygens (including phenoxy) is 1. The van der Waals surface area contributed by atoms with Gasteiger partial charge >= 0.3 is 0 Å². The number of benzene rings is 1. The number of aliphatic imine (C=N–C) groups is 1. The van der Waals surface area contributed by atoms with Crippen molar-refractivity contribution in [2.75, 3.05) is 46.0 Å². The quantitative estimate of drug-likeness (QED) is 0.246. The summed E-state index contributed by atoms with van der Waals surface area (Å²) in [5, 5.41) is 16.4. The van der Waals surface area contributed by atoms with Crippen molar-refractivity contribution >= 4 is 29.9 Å². The maximum absolute atomic E-state index is 9.48. The van der Waals surface area contributed by atoms with Crippen LogP contribution in [0.5, 0.6) is 0 Å². The molecule has 2 aliphatic rings. The number of likely N-dealkylation sites (tertiary alicyclic amines) is 1. The summed E-state index contributed by atoms with van der Waals surface area (Å²) in [5.74, 6) is 2.37. The van der Waals surface area contributed by atoms with Gasteiger partial charge in [0.25, 0.3) is 0 Å². The van der Waals surface area contributed by atoms with E-state index >= 15 is 0 Å². The van der Waals surface area contributed by atoms with E-state index in [4.69, 9.17) is 9.73 Å². The first-order chi connectivity index (χ1) is 15.0. The second kappa shape index (κ2) is 13.7. The molecule has 1 aromatic rings. The maximum atomic E-state index is 9.48. The van der Waals surface area contributed by atoms with E-state index in [0.717, 1.165) is 56.9 Å². The second-order valence-corrected chi connectivity index (χ2v) is 9.73. The van der Waals surface area contributed by atoms with Gasteiger partial charge in [0.15, 0.2) is 5.96 Å². The Kier molecular flexibility index (Phi) is 11.7. The van der Waals surface area contributed by atoms with Crippen molar-refractivity contribution in [1.82, 2.24) is 15.5 Å². The lowest BCUT2D eigenvalue weighted by atomic mass is 9.84. The Hall–Kier alpha value is -0.900. The van der Waals surface area contributed by atoms with E-state index in [0.29, 0.717) is 13.2 Å². The van der Waals surface area contributed by atoms with Gasteiger partial charge in [-0.2, -0.15) is 0 Å². The molecule has 3 rings (SSSR count). The number of nitrogens with zero attached hydrogens (tertiary/aromatic N) is 2. The Balaban J connectivity index is 0.00000363. The van der Waals surface area contributed by atoms with Crippen molar-refractivity contribution in [3.8, 4) is 0 Å². The second-order valence-electron chi connectivity index (χ2n) is 9.73. The number of rotatable bonds is 9. The van der Waals surface area contributed by atoms with Crippen LogP contribution < -0.4 is 10.6 Å². The highest BCUT2D eigenvalue weighted by Gasteiger charge is 2.34. The number of aliphatic hydroxyl groups excluding tert-OH is 1. The van der Waals surface area contributed by atoms with E-state index < -0.39 is 0 Å². The van der Waals surface area contributed by atoms with Crippen molar-refractivity contribution in [1.29, 1.82) is 0 Å². The first-order valence-electron chi connectivity index (χ1n) is 12.0. The molecule has 3 atom stereocenters. The lowest BCUT2D eigenvalue weighted by molar-refractivity contribution is 0.127. The van der Waals surface area contributed by atoms with E-state index in [9.17, 15) is 5.11 Å². The molecule has 32 heavy (non-hydrogen) atoms. The third kappa shape index (κ3) is 8.15. The first-order valence-corrected chi connectivity index (χ1v) is 12.0. The molecule has 2 saturated heterocycles. The summed E-state index contributed by atoms with van der Waals surface area (Å²) in [6, 6.07) is 8.71. The highest BCUT2D eigenvalue weighted by molar-refractivity contribution is 14.0. The maximum Gasteiger partial charge on any atom is 0.191 e. The van der Waals surface area contributed by atoms with Gasteiger partial charge in [0, 0.05) is 51.4 Å². The minimum Gasteiger partial charge on any atom is -0.396 e. The fraction of sp³-hybridized carbons (Fsp3) is 0.720. The van der Waals surface area contributed by atoms with Gasteiger partial charge in [-0.25, -0.2) is 4.99 Å². The van der Waals surface area contributed by atoms with Gasteiger partial charge in [0.2, 0.25) is 0 Å². The molecule has 0 saturated carbocycles. The summed E-state index contributed by atoms with van der Waals surface area (Å²) in [4.78, 5) is 7.49. The number of nitrogens with one attached hydrogen (secondary N) is 2. The fourth-order valence-electron chi connectivity index (χ4n) is 5.12. The largest absolute Gasteiger partial charge is 0.396 e. The highest BCUT2D eigenvalue weighted by Crippen LogP contribution is 2.31.